The van der Waals surface area contributed by atoms with E-state index in [1.165, 1.54) is 34.4 Å². The van der Waals surface area contributed by atoms with E-state index in [2.05, 4.69) is 9.88 Å². The van der Waals surface area contributed by atoms with Crippen molar-refractivity contribution in [2.24, 2.45) is 0 Å². The Balaban J connectivity index is 2.05. The summed E-state index contributed by atoms with van der Waals surface area (Å²) < 4.78 is 6.13. The molecule has 10 heteroatoms. The molecular formula is C21H23ClN4O4S. The number of anilines is 1. The lowest BCUT2D eigenvalue weighted by Gasteiger charge is -2.24. The standard InChI is InChI=1S/C21H23ClN4O4S/c1-4-24(5-2)10-11-25(20(27)16-12-14(22)6-9-18(16)26(28)29)21-23-17-8-7-15(30-3)13-19(17)31-21/h6-9,12-13H,4-5,10-11H2,1-3H3. The van der Waals surface area contributed by atoms with Crippen LogP contribution in [-0.4, -0.2) is 54.0 Å². The predicted octanol–water partition coefficient (Wildman–Crippen LogP) is 4.86. The molecular weight excluding hydrogens is 440 g/mol. The Bertz CT molecular complexity index is 1100. The second kappa shape index (κ2) is 10.0. The van der Waals surface area contributed by atoms with Crippen LogP contribution in [0.3, 0.4) is 0 Å². The molecule has 2 aromatic carbocycles. The van der Waals surface area contributed by atoms with Gasteiger partial charge in [-0.2, -0.15) is 0 Å². The molecule has 0 bridgehead atoms. The average molecular weight is 463 g/mol. The number of amides is 1. The van der Waals surface area contributed by atoms with Crippen molar-refractivity contribution in [3.63, 3.8) is 0 Å². The van der Waals surface area contributed by atoms with Crippen molar-refractivity contribution in [2.45, 2.75) is 13.8 Å². The molecule has 0 aliphatic rings. The molecule has 164 valence electrons. The highest BCUT2D eigenvalue weighted by Gasteiger charge is 2.28. The Morgan fingerprint density at radius 2 is 1.94 bits per heavy atom. The number of hydrogen-bond donors (Lipinski definition) is 0. The van der Waals surface area contributed by atoms with E-state index >= 15 is 0 Å². The van der Waals surface area contributed by atoms with Crippen molar-refractivity contribution in [2.75, 3.05) is 38.2 Å². The van der Waals surface area contributed by atoms with Gasteiger partial charge in [0.15, 0.2) is 5.13 Å². The summed E-state index contributed by atoms with van der Waals surface area (Å²) in [7, 11) is 1.58. The Labute approximate surface area is 189 Å². The van der Waals surface area contributed by atoms with Crippen LogP contribution in [0.25, 0.3) is 10.2 Å². The summed E-state index contributed by atoms with van der Waals surface area (Å²) in [5, 5.41) is 12.2. The number of methoxy groups -OCH3 is 1. The van der Waals surface area contributed by atoms with Gasteiger partial charge in [0.2, 0.25) is 0 Å². The van der Waals surface area contributed by atoms with Crippen molar-refractivity contribution < 1.29 is 14.5 Å². The second-order valence-corrected chi connectivity index (χ2v) is 8.18. The van der Waals surface area contributed by atoms with Crippen LogP contribution >= 0.6 is 22.9 Å². The smallest absolute Gasteiger partial charge is 0.282 e. The summed E-state index contributed by atoms with van der Waals surface area (Å²) in [6, 6.07) is 9.47. The fraction of sp³-hybridized carbons (Fsp3) is 0.333. The number of carbonyl (C=O) groups is 1. The monoisotopic (exact) mass is 462 g/mol. The number of nitro benzene ring substituents is 1. The van der Waals surface area contributed by atoms with Crippen molar-refractivity contribution in [3.05, 3.63) is 57.1 Å². The van der Waals surface area contributed by atoms with Gasteiger partial charge in [-0.3, -0.25) is 19.8 Å². The third-order valence-corrected chi connectivity index (χ3v) is 6.26. The number of hydrogen-bond acceptors (Lipinski definition) is 7. The van der Waals surface area contributed by atoms with Gasteiger partial charge in [-0.25, -0.2) is 4.98 Å². The van der Waals surface area contributed by atoms with Gasteiger partial charge in [0.25, 0.3) is 11.6 Å². The van der Waals surface area contributed by atoms with E-state index in [1.807, 2.05) is 26.0 Å². The van der Waals surface area contributed by atoms with Gasteiger partial charge in [0.05, 0.1) is 22.2 Å². The number of benzene rings is 2. The number of halogens is 1. The minimum Gasteiger partial charge on any atom is -0.497 e. The third-order valence-electron chi connectivity index (χ3n) is 4.98. The van der Waals surface area contributed by atoms with Gasteiger partial charge in [0.1, 0.15) is 11.3 Å². The van der Waals surface area contributed by atoms with Crippen LogP contribution in [0.5, 0.6) is 5.75 Å². The maximum absolute atomic E-state index is 13.5. The van der Waals surface area contributed by atoms with E-state index < -0.39 is 10.8 Å². The van der Waals surface area contributed by atoms with E-state index in [0.29, 0.717) is 24.0 Å². The van der Waals surface area contributed by atoms with Gasteiger partial charge < -0.3 is 9.64 Å². The fourth-order valence-electron chi connectivity index (χ4n) is 3.18. The maximum atomic E-state index is 13.5. The van der Waals surface area contributed by atoms with E-state index in [9.17, 15) is 14.9 Å². The first kappa shape index (κ1) is 22.9. The van der Waals surface area contributed by atoms with Gasteiger partial charge in [-0.1, -0.05) is 36.8 Å². The third kappa shape index (κ3) is 5.12. The van der Waals surface area contributed by atoms with E-state index in [4.69, 9.17) is 16.3 Å². The molecule has 1 amide bonds. The van der Waals surface area contributed by atoms with Gasteiger partial charge in [0, 0.05) is 24.2 Å². The largest absolute Gasteiger partial charge is 0.497 e. The first-order valence-electron chi connectivity index (χ1n) is 9.80. The minimum atomic E-state index is -0.574. The molecule has 0 aliphatic heterocycles. The number of nitrogens with zero attached hydrogens (tertiary/aromatic N) is 4. The Kier molecular flexibility index (Phi) is 7.42. The summed E-state index contributed by atoms with van der Waals surface area (Å²) >= 11 is 7.39. The van der Waals surface area contributed by atoms with Gasteiger partial charge in [-0.15, -0.1) is 0 Å². The minimum absolute atomic E-state index is 0.0612. The molecule has 0 spiro atoms. The number of aromatic nitrogens is 1. The molecule has 0 saturated heterocycles. The molecule has 0 saturated carbocycles. The first-order valence-corrected chi connectivity index (χ1v) is 11.0. The topological polar surface area (TPSA) is 88.8 Å². The summed E-state index contributed by atoms with van der Waals surface area (Å²) in [4.78, 5) is 32.7. The number of likely N-dealkylation sites (N-methyl/N-ethyl adjacent to an activating group) is 1. The molecule has 1 aromatic heterocycles. The maximum Gasteiger partial charge on any atom is 0.282 e. The zero-order valence-corrected chi connectivity index (χ0v) is 19.1. The average Bonchev–Trinajstić information content (AvgIpc) is 3.18. The van der Waals surface area contributed by atoms with Crippen molar-refractivity contribution >= 4 is 49.9 Å². The molecule has 8 nitrogen and oxygen atoms in total. The Morgan fingerprint density at radius 1 is 1.19 bits per heavy atom. The second-order valence-electron chi connectivity index (χ2n) is 6.73. The number of thiazole rings is 1. The SMILES string of the molecule is CCN(CC)CCN(C(=O)c1cc(Cl)ccc1[N+](=O)[O-])c1nc2ccc(OC)cc2s1. The van der Waals surface area contributed by atoms with Crippen molar-refractivity contribution in [1.82, 2.24) is 9.88 Å². The van der Waals surface area contributed by atoms with Gasteiger partial charge in [-0.05, 0) is 43.4 Å². The lowest BCUT2D eigenvalue weighted by Crippen LogP contribution is -2.39. The number of nitro groups is 1. The van der Waals surface area contributed by atoms with E-state index in [1.54, 1.807) is 13.2 Å². The molecule has 0 N–H and O–H groups in total. The molecule has 0 radical (unpaired) electrons. The Morgan fingerprint density at radius 3 is 2.58 bits per heavy atom. The number of ether oxygens (including phenoxy) is 1. The van der Waals surface area contributed by atoms with E-state index in [-0.39, 0.29) is 16.3 Å². The zero-order valence-electron chi connectivity index (χ0n) is 17.5. The lowest BCUT2D eigenvalue weighted by molar-refractivity contribution is -0.385. The van der Waals surface area contributed by atoms with Crippen LogP contribution in [0.4, 0.5) is 10.8 Å². The summed E-state index contributed by atoms with van der Waals surface area (Å²) in [6.45, 7) is 6.68. The molecule has 0 aliphatic carbocycles. The summed E-state index contributed by atoms with van der Waals surface area (Å²) in [6.07, 6.45) is 0. The highest BCUT2D eigenvalue weighted by Crippen LogP contribution is 2.33. The highest BCUT2D eigenvalue weighted by molar-refractivity contribution is 7.22. The molecule has 0 unspecified atom stereocenters. The highest BCUT2D eigenvalue weighted by atomic mass is 35.5. The van der Waals surface area contributed by atoms with Gasteiger partial charge >= 0.3 is 0 Å². The van der Waals surface area contributed by atoms with Crippen LogP contribution in [0.2, 0.25) is 5.02 Å². The molecule has 1 heterocycles. The molecule has 0 atom stereocenters. The molecule has 3 rings (SSSR count). The number of fused-ring (bicyclic) bond motifs is 1. The predicted molar refractivity (Wildman–Crippen MR) is 124 cm³/mol. The van der Waals surface area contributed by atoms with Crippen molar-refractivity contribution in [1.29, 1.82) is 0 Å². The van der Waals surface area contributed by atoms with Crippen LogP contribution in [0.1, 0.15) is 24.2 Å². The normalized spacial score (nSPS) is 11.1. The fourth-order valence-corrected chi connectivity index (χ4v) is 4.38. The zero-order chi connectivity index (χ0) is 22.5. The quantitative estimate of drug-likeness (QED) is 0.333. The first-order chi connectivity index (χ1) is 14.9. The van der Waals surface area contributed by atoms with Crippen LogP contribution in [-0.2, 0) is 0 Å². The van der Waals surface area contributed by atoms with E-state index in [0.717, 1.165) is 23.3 Å². The Hall–Kier alpha value is -2.75. The van der Waals surface area contributed by atoms with Crippen LogP contribution in [0.15, 0.2) is 36.4 Å². The molecule has 31 heavy (non-hydrogen) atoms. The molecule has 0 fully saturated rings. The number of carbonyl (C=O) groups excluding carboxylic acids is 1. The van der Waals surface area contributed by atoms with Crippen LogP contribution < -0.4 is 9.64 Å². The summed E-state index contributed by atoms with van der Waals surface area (Å²) in [5.74, 6) is 0.182. The van der Waals surface area contributed by atoms with Crippen molar-refractivity contribution in [3.8, 4) is 5.75 Å². The summed E-state index contributed by atoms with van der Waals surface area (Å²) in [5.41, 5.74) is 0.376. The van der Waals surface area contributed by atoms with Crippen LogP contribution in [0, 0.1) is 10.1 Å². The number of rotatable bonds is 9. The molecule has 3 aromatic rings. The lowest BCUT2D eigenvalue weighted by atomic mass is 10.1.